The van der Waals surface area contributed by atoms with Crippen LogP contribution in [-0.2, 0) is 0 Å². The summed E-state index contributed by atoms with van der Waals surface area (Å²) in [6, 6.07) is 7.61. The molecule has 0 unspecified atom stereocenters. The second-order valence-corrected chi connectivity index (χ2v) is 5.12. The highest BCUT2D eigenvalue weighted by Gasteiger charge is 2.14. The van der Waals surface area contributed by atoms with E-state index < -0.39 is 0 Å². The summed E-state index contributed by atoms with van der Waals surface area (Å²) in [6.07, 6.45) is 0. The maximum Gasteiger partial charge on any atom is 0.396 e. The van der Waals surface area contributed by atoms with Gasteiger partial charge in [-0.2, -0.15) is 0 Å². The van der Waals surface area contributed by atoms with E-state index >= 15 is 0 Å². The summed E-state index contributed by atoms with van der Waals surface area (Å²) in [6.45, 7) is 0. The highest BCUT2D eigenvalue weighted by atomic mass is 79.9. The van der Waals surface area contributed by atoms with Gasteiger partial charge in [-0.25, -0.2) is 4.79 Å². The molecule has 0 bridgehead atoms. The maximum absolute atomic E-state index is 11.3. The lowest BCUT2D eigenvalue weighted by molar-refractivity contribution is 0.588. The van der Waals surface area contributed by atoms with E-state index in [0.717, 1.165) is 31.3 Å². The van der Waals surface area contributed by atoms with E-state index in [1.165, 1.54) is 0 Å². The Balaban J connectivity index is 2.73. The first-order valence-electron chi connectivity index (χ1n) is 4.58. The molecule has 0 atom stereocenters. The maximum atomic E-state index is 11.3. The molecule has 1 aromatic heterocycles. The van der Waals surface area contributed by atoms with Crippen molar-refractivity contribution in [2.75, 3.05) is 5.73 Å². The Labute approximate surface area is 103 Å². The van der Waals surface area contributed by atoms with E-state index in [1.807, 2.05) is 24.3 Å². The van der Waals surface area contributed by atoms with Crippen LogP contribution in [0.1, 0.15) is 0 Å². The van der Waals surface area contributed by atoms with Crippen molar-refractivity contribution >= 4 is 54.0 Å². The second kappa shape index (κ2) is 3.33. The Morgan fingerprint density at radius 3 is 2.69 bits per heavy atom. The van der Waals surface area contributed by atoms with Gasteiger partial charge in [-0.3, -0.25) is 0 Å². The highest BCUT2D eigenvalue weighted by Crippen LogP contribution is 2.39. The van der Waals surface area contributed by atoms with Crippen LogP contribution in [0.4, 0.5) is 5.69 Å². The van der Waals surface area contributed by atoms with Gasteiger partial charge in [-0.15, -0.1) is 0 Å². The normalized spacial score (nSPS) is 11.3. The number of hydrogen-bond donors (Lipinski definition) is 1. The molecule has 16 heavy (non-hydrogen) atoms. The standard InChI is InChI=1S/C11H6BrNO2S/c12-7-8(13)5-3-1-2-4-6(5)9-10(7)16-11(14)15-9/h1-4H,13H2. The highest BCUT2D eigenvalue weighted by molar-refractivity contribution is 9.10. The summed E-state index contributed by atoms with van der Waals surface area (Å²) >= 11 is 4.46. The van der Waals surface area contributed by atoms with Gasteiger partial charge in [0, 0.05) is 10.8 Å². The third-order valence-corrected chi connectivity index (χ3v) is 4.40. The molecule has 0 spiro atoms. The number of halogens is 1. The van der Waals surface area contributed by atoms with Crippen LogP contribution in [0.2, 0.25) is 0 Å². The van der Waals surface area contributed by atoms with Gasteiger partial charge in [0.2, 0.25) is 0 Å². The third kappa shape index (κ3) is 1.22. The van der Waals surface area contributed by atoms with E-state index in [0.29, 0.717) is 11.3 Å². The quantitative estimate of drug-likeness (QED) is 0.647. The molecule has 0 fully saturated rings. The number of anilines is 1. The van der Waals surface area contributed by atoms with Crippen molar-refractivity contribution in [1.82, 2.24) is 0 Å². The van der Waals surface area contributed by atoms with Gasteiger partial charge < -0.3 is 10.2 Å². The largest absolute Gasteiger partial charge is 0.413 e. The fraction of sp³-hybridized carbons (Fsp3) is 0. The molecule has 0 amide bonds. The Morgan fingerprint density at radius 1 is 1.25 bits per heavy atom. The van der Waals surface area contributed by atoms with Gasteiger partial charge in [-0.05, 0) is 15.9 Å². The molecule has 2 N–H and O–H groups in total. The zero-order chi connectivity index (χ0) is 11.3. The van der Waals surface area contributed by atoms with Crippen LogP contribution in [0, 0.1) is 0 Å². The number of benzene rings is 2. The van der Waals surface area contributed by atoms with Gasteiger partial charge in [0.25, 0.3) is 0 Å². The molecule has 3 nitrogen and oxygen atoms in total. The van der Waals surface area contributed by atoms with Crippen LogP contribution in [0.5, 0.6) is 0 Å². The van der Waals surface area contributed by atoms with Gasteiger partial charge in [0.15, 0.2) is 5.58 Å². The van der Waals surface area contributed by atoms with Crippen LogP contribution in [0.3, 0.4) is 0 Å². The van der Waals surface area contributed by atoms with Crippen molar-refractivity contribution in [3.05, 3.63) is 38.5 Å². The lowest BCUT2D eigenvalue weighted by atomic mass is 10.1. The van der Waals surface area contributed by atoms with Crippen LogP contribution < -0.4 is 10.7 Å². The van der Waals surface area contributed by atoms with Gasteiger partial charge >= 0.3 is 4.94 Å². The van der Waals surface area contributed by atoms with Crippen molar-refractivity contribution in [3.8, 4) is 0 Å². The van der Waals surface area contributed by atoms with E-state index in [2.05, 4.69) is 15.9 Å². The molecule has 0 aliphatic heterocycles. The minimum absolute atomic E-state index is 0.313. The SMILES string of the molecule is Nc1c(Br)c2sc(=O)oc2c2ccccc12. The Morgan fingerprint density at radius 2 is 1.94 bits per heavy atom. The molecule has 0 aliphatic rings. The van der Waals surface area contributed by atoms with Gasteiger partial charge in [0.1, 0.15) is 0 Å². The van der Waals surface area contributed by atoms with Crippen LogP contribution in [-0.4, -0.2) is 0 Å². The fourth-order valence-electron chi connectivity index (χ4n) is 1.76. The molecule has 0 saturated heterocycles. The number of fused-ring (bicyclic) bond motifs is 3. The molecular weight excluding hydrogens is 290 g/mol. The minimum Gasteiger partial charge on any atom is -0.413 e. The van der Waals surface area contributed by atoms with Gasteiger partial charge in [-0.1, -0.05) is 35.6 Å². The zero-order valence-corrected chi connectivity index (χ0v) is 10.4. The molecule has 0 saturated carbocycles. The number of hydrogen-bond acceptors (Lipinski definition) is 4. The summed E-state index contributed by atoms with van der Waals surface area (Å²) in [5, 5.41) is 1.76. The first-order chi connectivity index (χ1) is 7.68. The predicted molar refractivity (Wildman–Crippen MR) is 70.0 cm³/mol. The lowest BCUT2D eigenvalue weighted by Gasteiger charge is -2.04. The average Bonchev–Trinajstić information content (AvgIpc) is 2.68. The summed E-state index contributed by atoms with van der Waals surface area (Å²) in [5.74, 6) is 0. The molecule has 1 heterocycles. The van der Waals surface area contributed by atoms with Crippen LogP contribution >= 0.6 is 27.3 Å². The van der Waals surface area contributed by atoms with E-state index in [-0.39, 0.29) is 4.94 Å². The van der Waals surface area contributed by atoms with Crippen molar-refractivity contribution in [2.45, 2.75) is 0 Å². The summed E-state index contributed by atoms with van der Waals surface area (Å²) in [7, 11) is 0. The van der Waals surface area contributed by atoms with Crippen molar-refractivity contribution in [3.63, 3.8) is 0 Å². The summed E-state index contributed by atoms with van der Waals surface area (Å²) < 4.78 is 6.69. The summed E-state index contributed by atoms with van der Waals surface area (Å²) in [4.78, 5) is 11.0. The predicted octanol–water partition coefficient (Wildman–Crippen LogP) is 3.35. The zero-order valence-electron chi connectivity index (χ0n) is 7.99. The smallest absolute Gasteiger partial charge is 0.396 e. The third-order valence-electron chi connectivity index (χ3n) is 2.47. The minimum atomic E-state index is -0.313. The van der Waals surface area contributed by atoms with Crippen LogP contribution in [0.15, 0.2) is 37.9 Å². The average molecular weight is 296 g/mol. The first kappa shape index (κ1) is 9.86. The molecule has 3 aromatic rings. The molecule has 2 aromatic carbocycles. The number of nitrogen functional groups attached to an aromatic ring is 1. The second-order valence-electron chi connectivity index (χ2n) is 3.39. The number of nitrogens with two attached hydrogens (primary N) is 1. The molecule has 0 aliphatic carbocycles. The molecule has 5 heteroatoms. The van der Waals surface area contributed by atoms with Crippen molar-refractivity contribution in [2.24, 2.45) is 0 Å². The molecule has 3 rings (SSSR count). The Hall–Kier alpha value is -1.33. The van der Waals surface area contributed by atoms with E-state index in [9.17, 15) is 4.79 Å². The molecule has 0 radical (unpaired) electrons. The number of rotatable bonds is 0. The van der Waals surface area contributed by atoms with Crippen molar-refractivity contribution in [1.29, 1.82) is 0 Å². The molecular formula is C11H6BrNO2S. The fourth-order valence-corrected chi connectivity index (χ4v) is 3.13. The molecule has 80 valence electrons. The van der Waals surface area contributed by atoms with E-state index in [4.69, 9.17) is 10.2 Å². The van der Waals surface area contributed by atoms with Crippen molar-refractivity contribution < 1.29 is 4.42 Å². The first-order valence-corrected chi connectivity index (χ1v) is 6.19. The monoisotopic (exact) mass is 295 g/mol. The summed E-state index contributed by atoms with van der Waals surface area (Å²) in [5.41, 5.74) is 7.25. The topological polar surface area (TPSA) is 56.2 Å². The Bertz CT molecular complexity index is 760. The van der Waals surface area contributed by atoms with E-state index in [1.54, 1.807) is 0 Å². The Kier molecular flexibility index (Phi) is 2.05. The van der Waals surface area contributed by atoms with Gasteiger partial charge in [0.05, 0.1) is 14.9 Å². The lowest BCUT2D eigenvalue weighted by Crippen LogP contribution is -1.89. The van der Waals surface area contributed by atoms with Crippen LogP contribution in [0.25, 0.3) is 21.1 Å².